The number of benzene rings is 3. The lowest BCUT2D eigenvalue weighted by atomic mass is 10.0. The van der Waals surface area contributed by atoms with E-state index in [1.807, 2.05) is 36.4 Å². The molecule has 6 nitrogen and oxygen atoms in total. The number of nitro benzene ring substituents is 1. The van der Waals surface area contributed by atoms with Crippen LogP contribution in [-0.2, 0) is 6.42 Å². The van der Waals surface area contributed by atoms with Crippen LogP contribution in [0.25, 0.3) is 16.5 Å². The molecule has 0 bridgehead atoms. The van der Waals surface area contributed by atoms with E-state index in [0.717, 1.165) is 10.9 Å². The molecule has 0 saturated carbocycles. The molecule has 0 aliphatic rings. The summed E-state index contributed by atoms with van der Waals surface area (Å²) in [4.78, 5) is 23.4. The molecule has 0 saturated heterocycles. The molecule has 1 heterocycles. The van der Waals surface area contributed by atoms with Crippen LogP contribution in [0, 0.1) is 10.1 Å². The van der Waals surface area contributed by atoms with Crippen LogP contribution >= 0.6 is 11.6 Å². The Kier molecular flexibility index (Phi) is 4.63. The number of hydrogen-bond acceptors (Lipinski definition) is 4. The molecule has 4 rings (SSSR count). The van der Waals surface area contributed by atoms with Crippen LogP contribution in [0.15, 0.2) is 77.6 Å². The van der Waals surface area contributed by atoms with Crippen molar-refractivity contribution in [2.45, 2.75) is 6.42 Å². The van der Waals surface area contributed by atoms with E-state index in [1.54, 1.807) is 12.1 Å². The van der Waals surface area contributed by atoms with Gasteiger partial charge in [-0.25, -0.2) is 0 Å². The zero-order chi connectivity index (χ0) is 19.7. The molecular formula is C21H14ClN3O3. The Morgan fingerprint density at radius 2 is 1.57 bits per heavy atom. The van der Waals surface area contributed by atoms with Gasteiger partial charge in [0.05, 0.1) is 21.7 Å². The normalized spacial score (nSPS) is 10.9. The lowest BCUT2D eigenvalue weighted by molar-refractivity contribution is -0.384. The van der Waals surface area contributed by atoms with Gasteiger partial charge in [0.2, 0.25) is 0 Å². The van der Waals surface area contributed by atoms with Gasteiger partial charge in [0, 0.05) is 29.0 Å². The highest BCUT2D eigenvalue weighted by Gasteiger charge is 2.14. The standard InChI is InChI=1S/C21H14ClN3O3/c22-19-8-4-1-5-14(19)13-20-17-6-2-3-7-18(17)21(26)24(23-20)15-9-11-16(12-10-15)25(27)28/h1-12H,13H2. The van der Waals surface area contributed by atoms with Gasteiger partial charge in [-0.3, -0.25) is 14.9 Å². The van der Waals surface area contributed by atoms with E-state index in [9.17, 15) is 14.9 Å². The average Bonchev–Trinajstić information content (AvgIpc) is 2.72. The molecule has 0 unspecified atom stereocenters. The van der Waals surface area contributed by atoms with Crippen molar-refractivity contribution in [1.29, 1.82) is 0 Å². The first-order chi connectivity index (χ1) is 13.5. The van der Waals surface area contributed by atoms with Crippen LogP contribution in [0.4, 0.5) is 5.69 Å². The van der Waals surface area contributed by atoms with Crippen LogP contribution in [0.5, 0.6) is 0 Å². The molecule has 4 aromatic rings. The Morgan fingerprint density at radius 1 is 0.929 bits per heavy atom. The van der Waals surface area contributed by atoms with E-state index in [4.69, 9.17) is 11.6 Å². The Balaban J connectivity index is 1.90. The molecule has 0 fully saturated rings. The minimum absolute atomic E-state index is 0.0473. The minimum Gasteiger partial charge on any atom is -0.267 e. The summed E-state index contributed by atoms with van der Waals surface area (Å²) in [5.41, 5.74) is 1.72. The Hall–Kier alpha value is -3.51. The fourth-order valence-corrected chi connectivity index (χ4v) is 3.30. The van der Waals surface area contributed by atoms with E-state index in [1.165, 1.54) is 28.9 Å². The molecule has 28 heavy (non-hydrogen) atoms. The average molecular weight is 392 g/mol. The number of nitro groups is 1. The topological polar surface area (TPSA) is 78.0 Å². The number of halogens is 1. The number of nitrogens with zero attached hydrogens (tertiary/aromatic N) is 3. The van der Waals surface area contributed by atoms with Gasteiger partial charge >= 0.3 is 0 Å². The third kappa shape index (κ3) is 3.25. The molecule has 0 spiro atoms. The summed E-state index contributed by atoms with van der Waals surface area (Å²) in [6.07, 6.45) is 0.452. The maximum Gasteiger partial charge on any atom is 0.279 e. The molecule has 0 aliphatic heterocycles. The van der Waals surface area contributed by atoms with Gasteiger partial charge in [-0.1, -0.05) is 48.0 Å². The second-order valence-electron chi connectivity index (χ2n) is 6.25. The third-order valence-electron chi connectivity index (χ3n) is 4.50. The zero-order valence-electron chi connectivity index (χ0n) is 14.6. The van der Waals surface area contributed by atoms with E-state index in [2.05, 4.69) is 5.10 Å². The monoisotopic (exact) mass is 391 g/mol. The lowest BCUT2D eigenvalue weighted by Gasteiger charge is -2.12. The second kappa shape index (κ2) is 7.25. The number of non-ortho nitro benzene ring substituents is 1. The first kappa shape index (κ1) is 17.9. The SMILES string of the molecule is O=c1c2ccccc2c(Cc2ccccc2Cl)nn1-c1ccc([N+](=O)[O-])cc1. The number of fused-ring (bicyclic) bond motifs is 1. The Morgan fingerprint density at radius 3 is 2.25 bits per heavy atom. The summed E-state index contributed by atoms with van der Waals surface area (Å²) in [5, 5.41) is 17.4. The van der Waals surface area contributed by atoms with Gasteiger partial charge in [-0.15, -0.1) is 0 Å². The highest BCUT2D eigenvalue weighted by atomic mass is 35.5. The fourth-order valence-electron chi connectivity index (χ4n) is 3.10. The smallest absolute Gasteiger partial charge is 0.267 e. The lowest BCUT2D eigenvalue weighted by Crippen LogP contribution is -2.23. The number of hydrogen-bond donors (Lipinski definition) is 0. The van der Waals surface area contributed by atoms with Gasteiger partial charge < -0.3 is 0 Å². The van der Waals surface area contributed by atoms with Crippen molar-refractivity contribution >= 4 is 28.1 Å². The van der Waals surface area contributed by atoms with Crippen LogP contribution in [0.1, 0.15) is 11.3 Å². The Labute approximate surface area is 164 Å². The maximum atomic E-state index is 13.0. The van der Waals surface area contributed by atoms with Crippen LogP contribution in [0.3, 0.4) is 0 Å². The molecule has 1 aromatic heterocycles. The summed E-state index contributed by atoms with van der Waals surface area (Å²) >= 11 is 6.30. The molecule has 0 radical (unpaired) electrons. The molecule has 0 atom stereocenters. The summed E-state index contributed by atoms with van der Waals surface area (Å²) in [6.45, 7) is 0. The van der Waals surface area contributed by atoms with Gasteiger partial charge in [0.1, 0.15) is 0 Å². The van der Waals surface area contributed by atoms with Crippen LogP contribution < -0.4 is 5.56 Å². The van der Waals surface area contributed by atoms with E-state index in [-0.39, 0.29) is 11.2 Å². The number of rotatable bonds is 4. The van der Waals surface area contributed by atoms with Gasteiger partial charge in [0.15, 0.2) is 0 Å². The van der Waals surface area contributed by atoms with Crippen molar-refractivity contribution in [3.63, 3.8) is 0 Å². The van der Waals surface area contributed by atoms with Crippen LogP contribution in [-0.4, -0.2) is 14.7 Å². The largest absolute Gasteiger partial charge is 0.279 e. The molecule has 3 aromatic carbocycles. The Bertz CT molecular complexity index is 1250. The summed E-state index contributed by atoms with van der Waals surface area (Å²) in [5.74, 6) is 0. The van der Waals surface area contributed by atoms with Gasteiger partial charge in [-0.2, -0.15) is 9.78 Å². The fraction of sp³-hybridized carbons (Fsp3) is 0.0476. The highest BCUT2D eigenvalue weighted by Crippen LogP contribution is 2.23. The second-order valence-corrected chi connectivity index (χ2v) is 6.66. The summed E-state index contributed by atoms with van der Waals surface area (Å²) in [7, 11) is 0. The molecule has 0 aliphatic carbocycles. The molecule has 7 heteroatoms. The van der Waals surface area contributed by atoms with Gasteiger partial charge in [-0.05, 0) is 29.8 Å². The van der Waals surface area contributed by atoms with Crippen molar-refractivity contribution in [1.82, 2.24) is 9.78 Å². The minimum atomic E-state index is -0.483. The van der Waals surface area contributed by atoms with E-state index in [0.29, 0.717) is 28.2 Å². The maximum absolute atomic E-state index is 13.0. The van der Waals surface area contributed by atoms with Crippen molar-refractivity contribution < 1.29 is 4.92 Å². The molecule has 138 valence electrons. The van der Waals surface area contributed by atoms with E-state index >= 15 is 0 Å². The molecule has 0 amide bonds. The van der Waals surface area contributed by atoms with Crippen molar-refractivity contribution in [2.75, 3.05) is 0 Å². The predicted molar refractivity (Wildman–Crippen MR) is 108 cm³/mol. The van der Waals surface area contributed by atoms with Crippen molar-refractivity contribution in [3.05, 3.63) is 110 Å². The van der Waals surface area contributed by atoms with E-state index < -0.39 is 4.92 Å². The first-order valence-corrected chi connectivity index (χ1v) is 8.91. The predicted octanol–water partition coefficient (Wildman–Crippen LogP) is 4.54. The van der Waals surface area contributed by atoms with Crippen LogP contribution in [0.2, 0.25) is 5.02 Å². The van der Waals surface area contributed by atoms with Gasteiger partial charge in [0.25, 0.3) is 11.2 Å². The first-order valence-electron chi connectivity index (χ1n) is 8.54. The third-order valence-corrected chi connectivity index (χ3v) is 4.87. The number of aromatic nitrogens is 2. The molecular weight excluding hydrogens is 378 g/mol. The molecule has 0 N–H and O–H groups in total. The summed E-state index contributed by atoms with van der Waals surface area (Å²) in [6, 6.07) is 20.5. The summed E-state index contributed by atoms with van der Waals surface area (Å²) < 4.78 is 1.28. The van der Waals surface area contributed by atoms with Crippen molar-refractivity contribution in [3.8, 4) is 5.69 Å². The quantitative estimate of drug-likeness (QED) is 0.378. The zero-order valence-corrected chi connectivity index (χ0v) is 15.3. The highest BCUT2D eigenvalue weighted by molar-refractivity contribution is 6.31. The van der Waals surface area contributed by atoms with Crippen molar-refractivity contribution in [2.24, 2.45) is 0 Å².